The molecule has 2 atom stereocenters. The van der Waals surface area contributed by atoms with Crippen LogP contribution in [0.3, 0.4) is 0 Å². The first-order valence-electron chi connectivity index (χ1n) is 10.5. The van der Waals surface area contributed by atoms with E-state index in [9.17, 15) is 14.9 Å². The second-order valence-corrected chi connectivity index (χ2v) is 10.5. The van der Waals surface area contributed by atoms with Crippen molar-refractivity contribution in [1.82, 2.24) is 19.6 Å². The van der Waals surface area contributed by atoms with E-state index < -0.39 is 4.92 Å². The van der Waals surface area contributed by atoms with Crippen LogP contribution in [0.25, 0.3) is 0 Å². The summed E-state index contributed by atoms with van der Waals surface area (Å²) >= 11 is 3.30. The summed E-state index contributed by atoms with van der Waals surface area (Å²) in [7, 11) is 1.59. The number of anilines is 1. The molecule has 166 valence electrons. The Morgan fingerprint density at radius 2 is 2.10 bits per heavy atom. The van der Waals surface area contributed by atoms with Crippen LogP contribution in [0, 0.1) is 27.4 Å². The number of nitrogens with one attached hydrogen (secondary N) is 1. The largest absolute Gasteiger partial charge is 0.404 e. The molecular weight excluding hydrogens is 468 g/mol. The molecule has 31 heavy (non-hydrogen) atoms. The summed E-state index contributed by atoms with van der Waals surface area (Å²) in [6.07, 6.45) is 11.6. The Hall–Kier alpha value is -2.27. The van der Waals surface area contributed by atoms with E-state index in [1.54, 1.807) is 30.4 Å². The van der Waals surface area contributed by atoms with E-state index in [1.807, 2.05) is 4.68 Å². The minimum Gasteiger partial charge on any atom is -0.362 e. The highest BCUT2D eigenvalue weighted by atomic mass is 79.9. The number of methoxy groups -OCH3 is 1. The maximum Gasteiger partial charge on any atom is 0.404 e. The minimum absolute atomic E-state index is 0.0123. The van der Waals surface area contributed by atoms with Gasteiger partial charge in [0.15, 0.2) is 0 Å². The molecule has 2 aromatic heterocycles. The van der Waals surface area contributed by atoms with Gasteiger partial charge in [-0.25, -0.2) is 4.68 Å². The molecule has 2 aromatic rings. The zero-order chi connectivity index (χ0) is 21.8. The van der Waals surface area contributed by atoms with E-state index in [2.05, 4.69) is 31.4 Å². The van der Waals surface area contributed by atoms with Gasteiger partial charge in [0.2, 0.25) is 5.91 Å². The Morgan fingerprint density at radius 3 is 2.74 bits per heavy atom. The van der Waals surface area contributed by atoms with E-state index >= 15 is 0 Å². The van der Waals surface area contributed by atoms with Crippen LogP contribution in [-0.4, -0.2) is 37.5 Å². The summed E-state index contributed by atoms with van der Waals surface area (Å²) in [5.74, 6) is 0.901. The monoisotopic (exact) mass is 492 g/mol. The molecule has 1 amide bonds. The minimum atomic E-state index is -0.450. The fourth-order valence-electron chi connectivity index (χ4n) is 6.76. The first-order chi connectivity index (χ1) is 14.8. The number of carbonyl (C=O) groups excluding carboxylic acids is 1. The molecule has 2 heterocycles. The summed E-state index contributed by atoms with van der Waals surface area (Å²) in [5, 5.41) is 22.8. The van der Waals surface area contributed by atoms with Gasteiger partial charge in [-0.15, -0.1) is 0 Å². The van der Waals surface area contributed by atoms with Crippen LogP contribution in [-0.2, 0) is 21.8 Å². The van der Waals surface area contributed by atoms with Gasteiger partial charge >= 0.3 is 5.82 Å². The first-order valence-corrected chi connectivity index (χ1v) is 11.3. The highest BCUT2D eigenvalue weighted by molar-refractivity contribution is 9.10. The van der Waals surface area contributed by atoms with Gasteiger partial charge < -0.3 is 20.2 Å². The summed E-state index contributed by atoms with van der Waals surface area (Å²) in [6.45, 7) is 0.331. The average Bonchev–Trinajstić information content (AvgIpc) is 3.27. The second-order valence-electron chi connectivity index (χ2n) is 9.60. The lowest BCUT2D eigenvalue weighted by atomic mass is 9.46. The van der Waals surface area contributed by atoms with Crippen LogP contribution in [0.2, 0.25) is 0 Å². The van der Waals surface area contributed by atoms with Crippen molar-refractivity contribution in [2.75, 3.05) is 12.4 Å². The molecule has 6 rings (SSSR count). The predicted molar refractivity (Wildman–Crippen MR) is 114 cm³/mol. The smallest absolute Gasteiger partial charge is 0.362 e. The van der Waals surface area contributed by atoms with Crippen molar-refractivity contribution >= 4 is 33.3 Å². The Bertz CT molecular complexity index is 1020. The highest BCUT2D eigenvalue weighted by Gasteiger charge is 2.60. The molecule has 0 spiro atoms. The lowest BCUT2D eigenvalue weighted by Gasteiger charge is -2.61. The van der Waals surface area contributed by atoms with Crippen molar-refractivity contribution in [3.8, 4) is 0 Å². The van der Waals surface area contributed by atoms with Crippen LogP contribution in [0.1, 0.15) is 44.9 Å². The zero-order valence-electron chi connectivity index (χ0n) is 17.3. The van der Waals surface area contributed by atoms with Gasteiger partial charge in [-0.2, -0.15) is 9.78 Å². The van der Waals surface area contributed by atoms with E-state index in [4.69, 9.17) is 4.74 Å². The van der Waals surface area contributed by atoms with Crippen LogP contribution >= 0.6 is 15.9 Å². The number of nitro groups is 1. The van der Waals surface area contributed by atoms with Crippen molar-refractivity contribution in [2.45, 2.75) is 57.2 Å². The summed E-state index contributed by atoms with van der Waals surface area (Å²) < 4.78 is 8.91. The molecule has 10 nitrogen and oxygen atoms in total. The standard InChI is InChI=1S/C20H25BrN6O4/c1-31-12-25-9-15(8-22-25)23-17(28)7-19-3-13-2-14(4-19)6-20(5-13,11-19)26-10-16(21)18(24-26)27(29)30/h8-10,13-14H,2-7,11-12H2,1H3,(H,23,28). The maximum atomic E-state index is 13.0. The number of rotatable bonds is 7. The van der Waals surface area contributed by atoms with E-state index in [1.165, 1.54) is 6.42 Å². The number of nitrogens with zero attached hydrogens (tertiary/aromatic N) is 5. The fourth-order valence-corrected chi connectivity index (χ4v) is 7.18. The van der Waals surface area contributed by atoms with Gasteiger partial charge in [-0.1, -0.05) is 0 Å². The number of hydrogen-bond acceptors (Lipinski definition) is 6. The molecule has 1 N–H and O–H groups in total. The summed E-state index contributed by atoms with van der Waals surface area (Å²) in [5.41, 5.74) is 0.321. The second kappa shape index (κ2) is 7.40. The van der Waals surface area contributed by atoms with Crippen LogP contribution in [0.15, 0.2) is 23.1 Å². The van der Waals surface area contributed by atoms with Gasteiger partial charge in [-0.05, 0) is 76.6 Å². The molecule has 0 radical (unpaired) electrons. The molecule has 4 bridgehead atoms. The zero-order valence-corrected chi connectivity index (χ0v) is 18.9. The molecule has 0 saturated heterocycles. The van der Waals surface area contributed by atoms with Gasteiger partial charge in [0.05, 0.1) is 34.9 Å². The predicted octanol–water partition coefficient (Wildman–Crippen LogP) is 3.68. The van der Waals surface area contributed by atoms with Crippen molar-refractivity contribution in [3.05, 3.63) is 33.2 Å². The van der Waals surface area contributed by atoms with Crippen LogP contribution in [0.4, 0.5) is 11.5 Å². The maximum absolute atomic E-state index is 13.0. The number of aromatic nitrogens is 4. The van der Waals surface area contributed by atoms with Crippen molar-refractivity contribution in [1.29, 1.82) is 0 Å². The number of halogens is 1. The molecule has 4 aliphatic carbocycles. The Labute approximate surface area is 187 Å². The van der Waals surface area contributed by atoms with Crippen LogP contribution in [0.5, 0.6) is 0 Å². The van der Waals surface area contributed by atoms with E-state index in [-0.39, 0.29) is 22.7 Å². The van der Waals surface area contributed by atoms with E-state index in [0.717, 1.165) is 32.1 Å². The van der Waals surface area contributed by atoms with Gasteiger partial charge in [0.1, 0.15) is 11.2 Å². The first kappa shape index (κ1) is 20.6. The van der Waals surface area contributed by atoms with Crippen molar-refractivity contribution < 1.29 is 14.5 Å². The highest BCUT2D eigenvalue weighted by Crippen LogP contribution is 2.65. The Kier molecular flexibility index (Phi) is 4.93. The summed E-state index contributed by atoms with van der Waals surface area (Å²) in [4.78, 5) is 23.8. The van der Waals surface area contributed by atoms with E-state index in [0.29, 0.717) is 35.1 Å². The number of ether oxygens (including phenoxy) is 1. The Balaban J connectivity index is 1.36. The molecule has 2 unspecified atom stereocenters. The molecular formula is C20H25BrN6O4. The SMILES string of the molecule is COCn1cc(NC(=O)CC23CC4CC(C2)CC(n2cc(Br)c([N+](=O)[O-])n2)(C4)C3)cn1. The molecule has 4 fully saturated rings. The number of amides is 1. The lowest BCUT2D eigenvalue weighted by molar-refractivity contribution is -0.390. The third kappa shape index (κ3) is 3.67. The lowest BCUT2D eigenvalue weighted by Crippen LogP contribution is -2.57. The molecule has 0 aliphatic heterocycles. The third-order valence-electron chi connectivity index (χ3n) is 7.18. The third-order valence-corrected chi connectivity index (χ3v) is 7.74. The Morgan fingerprint density at radius 1 is 1.35 bits per heavy atom. The molecule has 11 heteroatoms. The molecule has 4 aliphatic rings. The van der Waals surface area contributed by atoms with Gasteiger partial charge in [0, 0.05) is 13.5 Å². The average molecular weight is 493 g/mol. The normalized spacial score (nSPS) is 31.2. The quantitative estimate of drug-likeness (QED) is 0.465. The fraction of sp³-hybridized carbons (Fsp3) is 0.650. The van der Waals surface area contributed by atoms with Crippen molar-refractivity contribution in [3.63, 3.8) is 0 Å². The van der Waals surface area contributed by atoms with Gasteiger partial charge in [0.25, 0.3) is 0 Å². The van der Waals surface area contributed by atoms with Crippen molar-refractivity contribution in [2.24, 2.45) is 17.3 Å². The number of carbonyl (C=O) groups is 1. The summed E-state index contributed by atoms with van der Waals surface area (Å²) in [6, 6.07) is 0. The van der Waals surface area contributed by atoms with Crippen LogP contribution < -0.4 is 5.32 Å². The molecule has 0 aromatic carbocycles. The molecule has 4 saturated carbocycles. The van der Waals surface area contributed by atoms with Gasteiger partial charge in [-0.3, -0.25) is 4.79 Å². The topological polar surface area (TPSA) is 117 Å². The number of hydrogen-bond donors (Lipinski definition) is 1.